The molecule has 1 saturated carbocycles. The minimum absolute atomic E-state index is 0.0713. The molecule has 0 unspecified atom stereocenters. The fourth-order valence-electron chi connectivity index (χ4n) is 3.71. The van der Waals surface area contributed by atoms with Crippen LogP contribution in [0.15, 0.2) is 40.9 Å². The van der Waals surface area contributed by atoms with Crippen LogP contribution < -0.4 is 14.8 Å². The highest BCUT2D eigenvalue weighted by Gasteiger charge is 2.15. The van der Waals surface area contributed by atoms with Crippen molar-refractivity contribution in [3.05, 3.63) is 62.1 Å². The van der Waals surface area contributed by atoms with Crippen molar-refractivity contribution in [2.75, 3.05) is 6.61 Å². The van der Waals surface area contributed by atoms with E-state index in [9.17, 15) is 10.1 Å². The Morgan fingerprint density at radius 1 is 1.07 bits per heavy atom. The quantitative estimate of drug-likeness (QED) is 0.267. The molecule has 3 rings (SSSR count). The van der Waals surface area contributed by atoms with Crippen molar-refractivity contribution in [2.45, 2.75) is 64.6 Å². The van der Waals surface area contributed by atoms with Crippen LogP contribution in [-0.2, 0) is 13.2 Å². The summed E-state index contributed by atoms with van der Waals surface area (Å²) in [6.45, 7) is 3.59. The molecule has 162 valence electrons. The Morgan fingerprint density at radius 2 is 1.73 bits per heavy atom. The lowest BCUT2D eigenvalue weighted by atomic mass is 10.1. The Morgan fingerprint density at radius 3 is 2.37 bits per heavy atom. The van der Waals surface area contributed by atoms with Crippen LogP contribution in [-0.4, -0.2) is 17.6 Å². The van der Waals surface area contributed by atoms with Gasteiger partial charge in [0.15, 0.2) is 11.5 Å². The molecule has 0 aromatic heterocycles. The molecule has 6 nitrogen and oxygen atoms in total. The SMILES string of the molecule is CCOc1cc(CNC2CCCCCC2)c(Br)cc1OCc1ccc([N+](=O)[O-])cc1. The molecule has 1 fully saturated rings. The zero-order valence-corrected chi connectivity index (χ0v) is 18.9. The summed E-state index contributed by atoms with van der Waals surface area (Å²) in [6.07, 6.45) is 7.78. The van der Waals surface area contributed by atoms with Crippen LogP contribution in [0.5, 0.6) is 11.5 Å². The van der Waals surface area contributed by atoms with Gasteiger partial charge in [0, 0.05) is 29.2 Å². The summed E-state index contributed by atoms with van der Waals surface area (Å²) >= 11 is 3.67. The average molecular weight is 477 g/mol. The molecule has 0 spiro atoms. The molecule has 1 N–H and O–H groups in total. The van der Waals surface area contributed by atoms with Gasteiger partial charge in [0.2, 0.25) is 0 Å². The number of nitro groups is 1. The lowest BCUT2D eigenvalue weighted by molar-refractivity contribution is -0.384. The maximum Gasteiger partial charge on any atom is 0.269 e. The first kappa shape index (κ1) is 22.6. The van der Waals surface area contributed by atoms with E-state index in [0.717, 1.165) is 22.1 Å². The van der Waals surface area contributed by atoms with E-state index >= 15 is 0 Å². The van der Waals surface area contributed by atoms with Gasteiger partial charge in [-0.15, -0.1) is 0 Å². The van der Waals surface area contributed by atoms with E-state index in [-0.39, 0.29) is 5.69 Å². The van der Waals surface area contributed by atoms with Crippen LogP contribution in [0.4, 0.5) is 5.69 Å². The summed E-state index contributed by atoms with van der Waals surface area (Å²) in [4.78, 5) is 10.4. The van der Waals surface area contributed by atoms with E-state index in [0.29, 0.717) is 30.8 Å². The first-order valence-electron chi connectivity index (χ1n) is 10.6. The molecule has 0 heterocycles. The Hall–Kier alpha value is -2.12. The molecular weight excluding hydrogens is 448 g/mol. The molecule has 2 aromatic carbocycles. The summed E-state index contributed by atoms with van der Waals surface area (Å²) in [5.74, 6) is 1.36. The van der Waals surface area contributed by atoms with E-state index in [4.69, 9.17) is 9.47 Å². The number of rotatable bonds is 9. The maximum absolute atomic E-state index is 10.8. The van der Waals surface area contributed by atoms with Gasteiger partial charge in [0.25, 0.3) is 5.69 Å². The normalized spacial score (nSPS) is 14.9. The third-order valence-electron chi connectivity index (χ3n) is 5.39. The first-order valence-corrected chi connectivity index (χ1v) is 11.4. The maximum atomic E-state index is 10.8. The molecular formula is C23H29BrN2O4. The van der Waals surface area contributed by atoms with Gasteiger partial charge in [-0.25, -0.2) is 0 Å². The number of ether oxygens (including phenoxy) is 2. The van der Waals surface area contributed by atoms with Crippen molar-refractivity contribution < 1.29 is 14.4 Å². The first-order chi connectivity index (χ1) is 14.6. The molecule has 0 amide bonds. The third-order valence-corrected chi connectivity index (χ3v) is 6.13. The summed E-state index contributed by atoms with van der Waals surface area (Å²) in [5, 5.41) is 14.5. The molecule has 7 heteroatoms. The molecule has 0 bridgehead atoms. The van der Waals surface area contributed by atoms with Crippen LogP contribution in [0.3, 0.4) is 0 Å². The van der Waals surface area contributed by atoms with E-state index in [1.54, 1.807) is 12.1 Å². The van der Waals surface area contributed by atoms with Crippen LogP contribution in [0.2, 0.25) is 0 Å². The largest absolute Gasteiger partial charge is 0.490 e. The zero-order chi connectivity index (χ0) is 21.3. The molecule has 30 heavy (non-hydrogen) atoms. The number of hydrogen-bond acceptors (Lipinski definition) is 5. The molecule has 0 saturated heterocycles. The number of non-ortho nitro benzene ring substituents is 1. The molecule has 1 aliphatic rings. The smallest absolute Gasteiger partial charge is 0.269 e. The van der Waals surface area contributed by atoms with Gasteiger partial charge >= 0.3 is 0 Å². The van der Waals surface area contributed by atoms with Crippen molar-refractivity contribution in [1.29, 1.82) is 0 Å². The van der Waals surface area contributed by atoms with Crippen molar-refractivity contribution >= 4 is 21.6 Å². The van der Waals surface area contributed by atoms with E-state index < -0.39 is 4.92 Å². The predicted octanol–water partition coefficient (Wildman–Crippen LogP) is 6.15. The zero-order valence-electron chi connectivity index (χ0n) is 17.4. The summed E-state index contributed by atoms with van der Waals surface area (Å²) in [5.41, 5.74) is 2.07. The minimum atomic E-state index is -0.406. The topological polar surface area (TPSA) is 73.6 Å². The van der Waals surface area contributed by atoms with Crippen LogP contribution >= 0.6 is 15.9 Å². The third kappa shape index (κ3) is 6.44. The van der Waals surface area contributed by atoms with E-state index in [1.165, 1.54) is 50.7 Å². The van der Waals surface area contributed by atoms with Gasteiger partial charge in [-0.3, -0.25) is 10.1 Å². The highest BCUT2D eigenvalue weighted by molar-refractivity contribution is 9.10. The van der Waals surface area contributed by atoms with Crippen molar-refractivity contribution in [1.82, 2.24) is 5.32 Å². The average Bonchev–Trinajstić information content (AvgIpc) is 3.02. The second-order valence-electron chi connectivity index (χ2n) is 7.60. The van der Waals surface area contributed by atoms with Gasteiger partial charge in [0.05, 0.1) is 11.5 Å². The van der Waals surface area contributed by atoms with E-state index in [2.05, 4.69) is 21.2 Å². The number of halogens is 1. The number of nitrogens with one attached hydrogen (secondary N) is 1. The second-order valence-corrected chi connectivity index (χ2v) is 8.46. The van der Waals surface area contributed by atoms with Crippen molar-refractivity contribution in [3.8, 4) is 11.5 Å². The van der Waals surface area contributed by atoms with Gasteiger partial charge in [-0.2, -0.15) is 0 Å². The predicted molar refractivity (Wildman–Crippen MR) is 121 cm³/mol. The van der Waals surface area contributed by atoms with Crippen LogP contribution in [0.1, 0.15) is 56.6 Å². The molecule has 2 aromatic rings. The number of benzene rings is 2. The molecule has 1 aliphatic carbocycles. The number of nitrogens with zero attached hydrogens (tertiary/aromatic N) is 1. The van der Waals surface area contributed by atoms with Gasteiger partial charge in [0.1, 0.15) is 6.61 Å². The minimum Gasteiger partial charge on any atom is -0.490 e. The Kier molecular flexibility index (Phi) is 8.51. The van der Waals surface area contributed by atoms with Crippen molar-refractivity contribution in [2.24, 2.45) is 0 Å². The standard InChI is InChI=1S/C23H29BrN2O4/c1-2-29-22-13-18(15-25-19-7-5-3-4-6-8-19)21(24)14-23(22)30-16-17-9-11-20(12-10-17)26(27)28/h9-14,19,25H,2-8,15-16H2,1H3. The molecule has 0 radical (unpaired) electrons. The highest BCUT2D eigenvalue weighted by atomic mass is 79.9. The lowest BCUT2D eigenvalue weighted by Crippen LogP contribution is -2.28. The summed E-state index contributed by atoms with van der Waals surface area (Å²) in [6, 6.07) is 10.9. The summed E-state index contributed by atoms with van der Waals surface area (Å²) in [7, 11) is 0. The highest BCUT2D eigenvalue weighted by Crippen LogP contribution is 2.35. The fourth-order valence-corrected chi connectivity index (χ4v) is 4.17. The lowest BCUT2D eigenvalue weighted by Gasteiger charge is -2.19. The molecule has 0 atom stereocenters. The Labute approximate surface area is 186 Å². The van der Waals surface area contributed by atoms with Gasteiger partial charge in [-0.1, -0.05) is 41.6 Å². The molecule has 0 aliphatic heterocycles. The number of nitro benzene ring substituents is 1. The van der Waals surface area contributed by atoms with Crippen LogP contribution in [0, 0.1) is 10.1 Å². The Balaban J connectivity index is 1.66. The fraction of sp³-hybridized carbons (Fsp3) is 0.478. The monoisotopic (exact) mass is 476 g/mol. The second kappa shape index (κ2) is 11.3. The number of hydrogen-bond donors (Lipinski definition) is 1. The van der Waals surface area contributed by atoms with Crippen LogP contribution in [0.25, 0.3) is 0 Å². The Bertz CT molecular complexity index is 834. The van der Waals surface area contributed by atoms with Crippen molar-refractivity contribution in [3.63, 3.8) is 0 Å². The van der Waals surface area contributed by atoms with Gasteiger partial charge < -0.3 is 14.8 Å². The van der Waals surface area contributed by atoms with E-state index in [1.807, 2.05) is 19.1 Å². The summed E-state index contributed by atoms with van der Waals surface area (Å²) < 4.78 is 12.8. The van der Waals surface area contributed by atoms with Gasteiger partial charge in [-0.05, 0) is 55.2 Å².